The predicted octanol–water partition coefficient (Wildman–Crippen LogP) is 2.78. The van der Waals surface area contributed by atoms with Gasteiger partial charge in [-0.1, -0.05) is 36.9 Å². The SMILES string of the molecule is C=CC1=Nc2cncn2[SH]1C(O)C1CCCCC1. The number of nitrogens with zero attached hydrogens (tertiary/aromatic N) is 3. The number of hydrogen-bond donors (Lipinski definition) is 2. The Morgan fingerprint density at radius 3 is 2.94 bits per heavy atom. The van der Waals surface area contributed by atoms with E-state index >= 15 is 0 Å². The maximum atomic E-state index is 10.7. The first-order valence-corrected chi connectivity index (χ1v) is 7.88. The quantitative estimate of drug-likeness (QED) is 0.826. The minimum atomic E-state index is -0.830. The monoisotopic (exact) mass is 265 g/mol. The Balaban J connectivity index is 1.86. The number of thiol groups is 1. The molecule has 5 heteroatoms. The van der Waals surface area contributed by atoms with Crippen molar-refractivity contribution in [1.29, 1.82) is 0 Å². The number of aromatic nitrogens is 2. The predicted molar refractivity (Wildman–Crippen MR) is 76.5 cm³/mol. The lowest BCUT2D eigenvalue weighted by atomic mass is 9.90. The van der Waals surface area contributed by atoms with Gasteiger partial charge in [-0.2, -0.15) is 0 Å². The van der Waals surface area contributed by atoms with Crippen molar-refractivity contribution in [3.8, 4) is 0 Å². The summed E-state index contributed by atoms with van der Waals surface area (Å²) in [5, 5.41) is 11.6. The van der Waals surface area contributed by atoms with Crippen molar-refractivity contribution in [2.45, 2.75) is 37.5 Å². The Labute approximate surface area is 110 Å². The minimum absolute atomic E-state index is 0.313. The number of aliphatic hydroxyl groups excluding tert-OH is 1. The molecule has 2 unspecified atom stereocenters. The molecular formula is C13H19N3OS. The van der Waals surface area contributed by atoms with Crippen LogP contribution >= 0.6 is 11.1 Å². The number of aliphatic hydroxyl groups is 1. The van der Waals surface area contributed by atoms with Crippen molar-refractivity contribution >= 4 is 21.9 Å². The first-order valence-electron chi connectivity index (χ1n) is 6.52. The van der Waals surface area contributed by atoms with Crippen LogP contribution in [0.4, 0.5) is 5.82 Å². The lowest BCUT2D eigenvalue weighted by molar-refractivity contribution is 0.158. The van der Waals surface area contributed by atoms with E-state index in [1.54, 1.807) is 18.6 Å². The summed E-state index contributed by atoms with van der Waals surface area (Å²) in [6, 6.07) is 0. The van der Waals surface area contributed by atoms with Crippen LogP contribution in [0, 0.1) is 5.92 Å². The van der Waals surface area contributed by atoms with Crippen molar-refractivity contribution < 1.29 is 5.11 Å². The molecule has 1 aromatic heterocycles. The highest BCUT2D eigenvalue weighted by atomic mass is 32.2. The third-order valence-electron chi connectivity index (χ3n) is 3.80. The molecule has 0 aromatic carbocycles. The van der Waals surface area contributed by atoms with Crippen molar-refractivity contribution in [1.82, 2.24) is 8.96 Å². The third-order valence-corrected chi connectivity index (χ3v) is 6.25. The van der Waals surface area contributed by atoms with Gasteiger partial charge >= 0.3 is 0 Å². The molecule has 0 bridgehead atoms. The number of rotatable bonds is 3. The second-order valence-electron chi connectivity index (χ2n) is 4.93. The maximum Gasteiger partial charge on any atom is 0.162 e. The fourth-order valence-corrected chi connectivity index (χ4v) is 5.16. The van der Waals surface area contributed by atoms with Gasteiger partial charge in [0, 0.05) is 0 Å². The summed E-state index contributed by atoms with van der Waals surface area (Å²) < 4.78 is 2.03. The fraction of sp³-hybridized carbons (Fsp3) is 0.538. The average molecular weight is 265 g/mol. The zero-order valence-corrected chi connectivity index (χ0v) is 11.3. The number of hydrogen-bond acceptors (Lipinski definition) is 3. The Bertz CT molecular complexity index is 476. The zero-order chi connectivity index (χ0) is 12.5. The first-order chi connectivity index (χ1) is 8.81. The van der Waals surface area contributed by atoms with Gasteiger partial charge in [-0.05, 0) is 24.8 Å². The van der Waals surface area contributed by atoms with E-state index in [-0.39, 0.29) is 5.44 Å². The van der Waals surface area contributed by atoms with Crippen molar-refractivity contribution in [3.63, 3.8) is 0 Å². The molecule has 0 amide bonds. The van der Waals surface area contributed by atoms with Gasteiger partial charge in [-0.15, -0.1) is 0 Å². The molecule has 1 aromatic rings. The van der Waals surface area contributed by atoms with Crippen LogP contribution in [0.5, 0.6) is 0 Å². The zero-order valence-electron chi connectivity index (χ0n) is 10.4. The van der Waals surface area contributed by atoms with Gasteiger partial charge in [0.05, 0.1) is 11.2 Å². The van der Waals surface area contributed by atoms with E-state index < -0.39 is 11.1 Å². The largest absolute Gasteiger partial charge is 0.382 e. The summed E-state index contributed by atoms with van der Waals surface area (Å²) >= 11 is -0.830. The molecule has 1 aliphatic heterocycles. The topological polar surface area (TPSA) is 50.4 Å². The second kappa shape index (κ2) is 4.90. The van der Waals surface area contributed by atoms with Crippen molar-refractivity contribution in [2.24, 2.45) is 10.9 Å². The minimum Gasteiger partial charge on any atom is -0.382 e. The molecular weight excluding hydrogens is 246 g/mol. The van der Waals surface area contributed by atoms with Crippen LogP contribution in [-0.4, -0.2) is 24.5 Å². The van der Waals surface area contributed by atoms with Crippen molar-refractivity contribution in [2.75, 3.05) is 0 Å². The molecule has 2 aliphatic rings. The van der Waals surface area contributed by atoms with E-state index in [2.05, 4.69) is 16.6 Å². The van der Waals surface area contributed by atoms with Crippen LogP contribution in [-0.2, 0) is 0 Å². The highest BCUT2D eigenvalue weighted by molar-refractivity contribution is 8.29. The number of aliphatic imine (C=N–C) groups is 1. The first kappa shape index (κ1) is 12.0. The lowest BCUT2D eigenvalue weighted by Gasteiger charge is -2.33. The summed E-state index contributed by atoms with van der Waals surface area (Å²) in [5.41, 5.74) is -0.313. The summed E-state index contributed by atoms with van der Waals surface area (Å²) in [6.07, 6.45) is 11.4. The van der Waals surface area contributed by atoms with Crippen LogP contribution in [0.1, 0.15) is 32.1 Å². The van der Waals surface area contributed by atoms with Crippen molar-refractivity contribution in [3.05, 3.63) is 25.2 Å². The van der Waals surface area contributed by atoms with E-state index in [1.807, 2.05) is 3.97 Å². The Morgan fingerprint density at radius 1 is 1.44 bits per heavy atom. The van der Waals surface area contributed by atoms with Crippen LogP contribution in [0.2, 0.25) is 0 Å². The molecule has 2 heterocycles. The summed E-state index contributed by atoms with van der Waals surface area (Å²) in [7, 11) is 0. The standard InChI is InChI=1S/C13H19N3OS/c1-2-12-15-11-8-14-9-16(11)18(12)13(17)10-6-4-3-5-7-10/h2,8-10,13,17-18H,1,3-7H2. The fourth-order valence-electron chi connectivity index (χ4n) is 2.84. The molecule has 0 spiro atoms. The van der Waals surface area contributed by atoms with Gasteiger partial charge in [0.2, 0.25) is 0 Å². The smallest absolute Gasteiger partial charge is 0.162 e. The highest BCUT2D eigenvalue weighted by Gasteiger charge is 2.33. The van der Waals surface area contributed by atoms with Gasteiger partial charge in [0.15, 0.2) is 5.82 Å². The van der Waals surface area contributed by atoms with Gasteiger partial charge in [0.25, 0.3) is 0 Å². The van der Waals surface area contributed by atoms with Gasteiger partial charge in [-0.25, -0.2) is 9.98 Å². The molecule has 0 saturated heterocycles. The Kier molecular flexibility index (Phi) is 3.26. The van der Waals surface area contributed by atoms with E-state index in [4.69, 9.17) is 0 Å². The summed E-state index contributed by atoms with van der Waals surface area (Å²) in [5.74, 6) is 1.26. The average Bonchev–Trinajstić information content (AvgIpc) is 2.98. The maximum absolute atomic E-state index is 10.7. The van der Waals surface area contributed by atoms with E-state index in [0.717, 1.165) is 23.7 Å². The number of imidazole rings is 1. The van der Waals surface area contributed by atoms with Crippen LogP contribution in [0.25, 0.3) is 0 Å². The molecule has 18 heavy (non-hydrogen) atoms. The van der Waals surface area contributed by atoms with Gasteiger partial charge in [-0.3, -0.25) is 3.97 Å². The second-order valence-corrected chi connectivity index (χ2v) is 7.03. The van der Waals surface area contributed by atoms with Crippen LogP contribution in [0.3, 0.4) is 0 Å². The molecule has 1 saturated carbocycles. The Morgan fingerprint density at radius 2 is 2.22 bits per heavy atom. The molecule has 1 aliphatic carbocycles. The van der Waals surface area contributed by atoms with E-state index in [0.29, 0.717) is 5.92 Å². The van der Waals surface area contributed by atoms with E-state index in [9.17, 15) is 5.11 Å². The molecule has 0 radical (unpaired) electrons. The lowest BCUT2D eigenvalue weighted by Crippen LogP contribution is -2.26. The van der Waals surface area contributed by atoms with Gasteiger partial charge in [0.1, 0.15) is 11.8 Å². The molecule has 1 N–H and O–H groups in total. The van der Waals surface area contributed by atoms with Gasteiger partial charge < -0.3 is 5.11 Å². The number of fused-ring (bicyclic) bond motifs is 1. The molecule has 3 rings (SSSR count). The third kappa shape index (κ3) is 1.91. The summed E-state index contributed by atoms with van der Waals surface area (Å²) in [6.45, 7) is 3.82. The summed E-state index contributed by atoms with van der Waals surface area (Å²) in [4.78, 5) is 8.61. The molecule has 1 fully saturated rings. The molecule has 4 nitrogen and oxygen atoms in total. The normalized spacial score (nSPS) is 27.6. The molecule has 2 atom stereocenters. The van der Waals surface area contributed by atoms with Crippen LogP contribution < -0.4 is 0 Å². The molecule has 98 valence electrons. The van der Waals surface area contributed by atoms with Crippen LogP contribution in [0.15, 0.2) is 30.2 Å². The Hall–Kier alpha value is -1.07. The highest BCUT2D eigenvalue weighted by Crippen LogP contribution is 2.48. The van der Waals surface area contributed by atoms with E-state index in [1.165, 1.54) is 19.3 Å².